The van der Waals surface area contributed by atoms with Gasteiger partial charge in [-0.3, -0.25) is 9.89 Å². The minimum absolute atomic E-state index is 0. The molecule has 1 unspecified atom stereocenters. The number of hydrogen-bond acceptors (Lipinski definition) is 6. The summed E-state index contributed by atoms with van der Waals surface area (Å²) in [4.78, 5) is 9.13. The predicted octanol–water partition coefficient (Wildman–Crippen LogP) is 1.43. The van der Waals surface area contributed by atoms with Gasteiger partial charge < -0.3 is 24.2 Å². The first-order valence-electron chi connectivity index (χ1n) is 9.58. The number of piperazine rings is 1. The fourth-order valence-electron chi connectivity index (χ4n) is 3.34. The molecule has 2 saturated heterocycles. The minimum Gasteiger partial charge on any atom is -0.381 e. The number of halogens is 1. The summed E-state index contributed by atoms with van der Waals surface area (Å²) in [5.41, 5.74) is 0.991. The molecule has 0 saturated carbocycles. The van der Waals surface area contributed by atoms with E-state index >= 15 is 0 Å². The average molecular weight is 493 g/mol. The van der Waals surface area contributed by atoms with Crippen molar-refractivity contribution in [1.82, 2.24) is 20.3 Å². The van der Waals surface area contributed by atoms with Gasteiger partial charge in [0.05, 0.1) is 18.9 Å². The normalized spacial score (nSPS) is 21.3. The minimum atomic E-state index is 0. The molecule has 1 atom stereocenters. The van der Waals surface area contributed by atoms with E-state index in [0.29, 0.717) is 5.92 Å². The Labute approximate surface area is 178 Å². The molecule has 0 aliphatic carbocycles. The molecule has 9 heteroatoms. The van der Waals surface area contributed by atoms with E-state index < -0.39 is 0 Å². The van der Waals surface area contributed by atoms with E-state index in [1.165, 1.54) is 0 Å². The molecule has 3 heterocycles. The number of aromatic nitrogens is 1. The fraction of sp³-hybridized carbons (Fsp3) is 0.778. The van der Waals surface area contributed by atoms with E-state index in [2.05, 4.69) is 25.3 Å². The van der Waals surface area contributed by atoms with Crippen molar-refractivity contribution in [1.29, 1.82) is 0 Å². The van der Waals surface area contributed by atoms with Crippen LogP contribution >= 0.6 is 24.0 Å². The van der Waals surface area contributed by atoms with Gasteiger partial charge in [-0.05, 0) is 12.8 Å². The largest absolute Gasteiger partial charge is 0.381 e. The number of nitrogens with zero attached hydrogens (tertiary/aromatic N) is 4. The predicted molar refractivity (Wildman–Crippen MR) is 114 cm³/mol. The van der Waals surface area contributed by atoms with Crippen LogP contribution < -0.4 is 5.32 Å². The standard InChI is InChI=1S/C18H31N5O3.HI/c1-19-18(20-5-2-10-24-14-16-3-11-25-15-16)23-8-6-22(7-9-23)13-17-4-12-26-21-17;/h4,12,16H,2-3,5-11,13-15H2,1H3,(H,19,20);1H. The molecule has 1 aromatic heterocycles. The maximum Gasteiger partial charge on any atom is 0.193 e. The smallest absolute Gasteiger partial charge is 0.193 e. The van der Waals surface area contributed by atoms with Crippen LogP contribution in [-0.4, -0.2) is 87.1 Å². The Morgan fingerprint density at radius 2 is 2.22 bits per heavy atom. The molecule has 2 fully saturated rings. The molecule has 0 bridgehead atoms. The van der Waals surface area contributed by atoms with Crippen LogP contribution in [0.3, 0.4) is 0 Å². The fourth-order valence-corrected chi connectivity index (χ4v) is 3.34. The van der Waals surface area contributed by atoms with Crippen LogP contribution in [0.15, 0.2) is 21.8 Å². The van der Waals surface area contributed by atoms with Crippen LogP contribution in [-0.2, 0) is 16.0 Å². The molecule has 3 rings (SSSR count). The lowest BCUT2D eigenvalue weighted by Gasteiger charge is -2.36. The van der Waals surface area contributed by atoms with E-state index in [1.54, 1.807) is 6.26 Å². The highest BCUT2D eigenvalue weighted by Crippen LogP contribution is 2.12. The molecular weight excluding hydrogens is 461 g/mol. The Kier molecular flexibility index (Phi) is 10.4. The second-order valence-corrected chi connectivity index (χ2v) is 6.89. The molecule has 0 aromatic carbocycles. The molecule has 0 spiro atoms. The summed E-state index contributed by atoms with van der Waals surface area (Å²) < 4.78 is 16.0. The summed E-state index contributed by atoms with van der Waals surface area (Å²) in [6, 6.07) is 1.93. The Morgan fingerprint density at radius 3 is 2.89 bits per heavy atom. The van der Waals surface area contributed by atoms with Crippen LogP contribution in [0.25, 0.3) is 0 Å². The quantitative estimate of drug-likeness (QED) is 0.254. The van der Waals surface area contributed by atoms with Crippen molar-refractivity contribution >= 4 is 29.9 Å². The third-order valence-electron chi connectivity index (χ3n) is 4.89. The highest BCUT2D eigenvalue weighted by molar-refractivity contribution is 14.0. The number of rotatable bonds is 8. The van der Waals surface area contributed by atoms with Gasteiger partial charge in [0.15, 0.2) is 5.96 Å². The van der Waals surface area contributed by atoms with E-state index in [9.17, 15) is 0 Å². The highest BCUT2D eigenvalue weighted by Gasteiger charge is 2.20. The maximum absolute atomic E-state index is 5.75. The van der Waals surface area contributed by atoms with E-state index in [1.807, 2.05) is 13.1 Å². The molecule has 1 N–H and O–H groups in total. The average Bonchev–Trinajstić information content (AvgIpc) is 3.36. The molecule has 8 nitrogen and oxygen atoms in total. The van der Waals surface area contributed by atoms with Crippen LogP contribution in [0.4, 0.5) is 0 Å². The zero-order valence-electron chi connectivity index (χ0n) is 16.1. The van der Waals surface area contributed by atoms with Gasteiger partial charge in [-0.25, -0.2) is 0 Å². The van der Waals surface area contributed by atoms with Gasteiger partial charge in [-0.1, -0.05) is 5.16 Å². The SMILES string of the molecule is CN=C(NCCCOCC1CCOC1)N1CCN(Cc2ccon2)CC1.I. The molecule has 2 aliphatic rings. The van der Waals surface area contributed by atoms with Crippen molar-refractivity contribution in [2.24, 2.45) is 10.9 Å². The Hall–Kier alpha value is -0.910. The number of ether oxygens (including phenoxy) is 2. The molecule has 154 valence electrons. The lowest BCUT2D eigenvalue weighted by molar-refractivity contribution is 0.0886. The second kappa shape index (κ2) is 12.5. The highest BCUT2D eigenvalue weighted by atomic mass is 127. The summed E-state index contributed by atoms with van der Waals surface area (Å²) >= 11 is 0. The summed E-state index contributed by atoms with van der Waals surface area (Å²) in [5, 5.41) is 7.44. The molecule has 2 aliphatic heterocycles. The van der Waals surface area contributed by atoms with Gasteiger partial charge in [0.1, 0.15) is 6.26 Å². The van der Waals surface area contributed by atoms with Crippen LogP contribution in [0.2, 0.25) is 0 Å². The van der Waals surface area contributed by atoms with Gasteiger partial charge >= 0.3 is 0 Å². The maximum atomic E-state index is 5.75. The van der Waals surface area contributed by atoms with Crippen LogP contribution in [0, 0.1) is 5.92 Å². The zero-order valence-corrected chi connectivity index (χ0v) is 18.5. The van der Waals surface area contributed by atoms with Crippen molar-refractivity contribution in [3.8, 4) is 0 Å². The van der Waals surface area contributed by atoms with E-state index in [4.69, 9.17) is 14.0 Å². The summed E-state index contributed by atoms with van der Waals surface area (Å²) in [6.45, 7) is 9.01. The van der Waals surface area contributed by atoms with E-state index in [-0.39, 0.29) is 24.0 Å². The molecule has 1 aromatic rings. The first-order chi connectivity index (χ1) is 12.8. The Morgan fingerprint density at radius 1 is 1.37 bits per heavy atom. The third-order valence-corrected chi connectivity index (χ3v) is 4.89. The van der Waals surface area contributed by atoms with Crippen LogP contribution in [0.1, 0.15) is 18.5 Å². The van der Waals surface area contributed by atoms with Crippen molar-refractivity contribution in [2.45, 2.75) is 19.4 Å². The number of guanidine groups is 1. The molecule has 0 amide bonds. The number of nitrogens with one attached hydrogen (secondary N) is 1. The summed E-state index contributed by atoms with van der Waals surface area (Å²) in [7, 11) is 1.85. The zero-order chi connectivity index (χ0) is 18.0. The number of aliphatic imine (C=N–C) groups is 1. The van der Waals surface area contributed by atoms with E-state index in [0.717, 1.165) is 90.2 Å². The Bertz CT molecular complexity index is 529. The second-order valence-electron chi connectivity index (χ2n) is 6.89. The third kappa shape index (κ3) is 7.55. The van der Waals surface area contributed by atoms with Gasteiger partial charge in [-0.2, -0.15) is 0 Å². The number of hydrogen-bond donors (Lipinski definition) is 1. The molecule has 27 heavy (non-hydrogen) atoms. The van der Waals surface area contributed by atoms with Crippen LogP contribution in [0.5, 0.6) is 0 Å². The van der Waals surface area contributed by atoms with Gasteiger partial charge in [0, 0.05) is 71.5 Å². The summed E-state index contributed by atoms with van der Waals surface area (Å²) in [5.74, 6) is 1.57. The summed E-state index contributed by atoms with van der Waals surface area (Å²) in [6.07, 6.45) is 3.74. The molecular formula is C18H32IN5O3. The first kappa shape index (κ1) is 22.4. The van der Waals surface area contributed by atoms with Gasteiger partial charge in [0.25, 0.3) is 0 Å². The van der Waals surface area contributed by atoms with Gasteiger partial charge in [-0.15, -0.1) is 24.0 Å². The topological polar surface area (TPSA) is 75.4 Å². The monoisotopic (exact) mass is 493 g/mol. The van der Waals surface area contributed by atoms with Crippen molar-refractivity contribution < 1.29 is 14.0 Å². The van der Waals surface area contributed by atoms with Crippen molar-refractivity contribution in [3.05, 3.63) is 18.0 Å². The van der Waals surface area contributed by atoms with Gasteiger partial charge in [0.2, 0.25) is 0 Å². The Balaban J connectivity index is 0.00000261. The first-order valence-corrected chi connectivity index (χ1v) is 9.58. The lowest BCUT2D eigenvalue weighted by atomic mass is 10.1. The van der Waals surface area contributed by atoms with Crippen molar-refractivity contribution in [3.63, 3.8) is 0 Å². The molecule has 0 radical (unpaired) electrons. The lowest BCUT2D eigenvalue weighted by Crippen LogP contribution is -2.52. The van der Waals surface area contributed by atoms with Crippen molar-refractivity contribution in [2.75, 3.05) is 66.2 Å².